The molecule has 3 heterocycles. The molecule has 0 aliphatic heterocycles. The van der Waals surface area contributed by atoms with Crippen LogP contribution in [-0.4, -0.2) is 36.2 Å². The number of carbonyl (C=O) groups is 1. The topological polar surface area (TPSA) is 77.6 Å². The van der Waals surface area contributed by atoms with Crippen LogP contribution < -0.4 is 5.32 Å². The second-order valence-electron chi connectivity index (χ2n) is 7.16. The summed E-state index contributed by atoms with van der Waals surface area (Å²) in [6.07, 6.45) is 2.32. The molecule has 1 aromatic carbocycles. The molecule has 30 heavy (non-hydrogen) atoms. The molecule has 0 unspecified atom stereocenters. The summed E-state index contributed by atoms with van der Waals surface area (Å²) >= 11 is 2.99. The Morgan fingerprint density at radius 1 is 1.20 bits per heavy atom. The standard InChI is InChI=1S/C21H20N6OS2/c1-26-20(17-8-5-11-29-17)23-24-21(26)30-13-19(28)22-18-12-16(14-9-10-14)25-27(18)15-6-3-2-4-7-15/h2-8,11-12,14H,9-10,13H2,1H3,(H,22,28). The number of amides is 1. The van der Waals surface area contributed by atoms with Crippen molar-refractivity contribution in [2.75, 3.05) is 11.1 Å². The van der Waals surface area contributed by atoms with Crippen LogP contribution >= 0.6 is 23.1 Å². The molecule has 9 heteroatoms. The molecule has 1 amide bonds. The normalized spacial score (nSPS) is 13.5. The Labute approximate surface area is 182 Å². The van der Waals surface area contributed by atoms with Crippen molar-refractivity contribution in [2.45, 2.75) is 23.9 Å². The predicted molar refractivity (Wildman–Crippen MR) is 119 cm³/mol. The minimum Gasteiger partial charge on any atom is -0.310 e. The lowest BCUT2D eigenvalue weighted by Crippen LogP contribution is -2.17. The molecule has 3 aromatic heterocycles. The Kier molecular flexibility index (Phi) is 5.14. The van der Waals surface area contributed by atoms with Crippen LogP contribution in [0.25, 0.3) is 16.4 Å². The molecule has 0 saturated heterocycles. The lowest BCUT2D eigenvalue weighted by Gasteiger charge is -2.08. The molecule has 1 saturated carbocycles. The highest BCUT2D eigenvalue weighted by atomic mass is 32.2. The van der Waals surface area contributed by atoms with Gasteiger partial charge in [-0.3, -0.25) is 4.79 Å². The van der Waals surface area contributed by atoms with Gasteiger partial charge in [-0.15, -0.1) is 21.5 Å². The Hall–Kier alpha value is -2.91. The lowest BCUT2D eigenvalue weighted by molar-refractivity contribution is -0.113. The Bertz CT molecular complexity index is 1160. The molecule has 4 aromatic rings. The molecule has 1 N–H and O–H groups in total. The SMILES string of the molecule is Cn1c(SCC(=O)Nc2cc(C3CC3)nn2-c2ccccc2)nnc1-c1cccs1. The number of hydrogen-bond donors (Lipinski definition) is 1. The lowest BCUT2D eigenvalue weighted by atomic mass is 10.3. The van der Waals surface area contributed by atoms with Crippen LogP contribution in [0.2, 0.25) is 0 Å². The summed E-state index contributed by atoms with van der Waals surface area (Å²) in [7, 11) is 1.92. The van der Waals surface area contributed by atoms with E-state index in [9.17, 15) is 4.79 Å². The second kappa shape index (κ2) is 8.08. The zero-order chi connectivity index (χ0) is 20.5. The number of nitrogens with one attached hydrogen (secondary N) is 1. The first-order chi connectivity index (χ1) is 14.7. The van der Waals surface area contributed by atoms with E-state index < -0.39 is 0 Å². The van der Waals surface area contributed by atoms with Gasteiger partial charge >= 0.3 is 0 Å². The molecule has 0 radical (unpaired) electrons. The van der Waals surface area contributed by atoms with E-state index in [0.717, 1.165) is 34.9 Å². The fourth-order valence-electron chi connectivity index (χ4n) is 3.20. The molecule has 152 valence electrons. The fourth-order valence-corrected chi connectivity index (χ4v) is 4.66. The first-order valence-corrected chi connectivity index (χ1v) is 11.6. The van der Waals surface area contributed by atoms with Crippen LogP contribution in [0.5, 0.6) is 0 Å². The number of carbonyl (C=O) groups excluding carboxylic acids is 1. The van der Waals surface area contributed by atoms with Gasteiger partial charge in [0, 0.05) is 19.0 Å². The van der Waals surface area contributed by atoms with Crippen molar-refractivity contribution in [3.8, 4) is 16.4 Å². The average molecular weight is 437 g/mol. The van der Waals surface area contributed by atoms with Crippen LogP contribution in [0.1, 0.15) is 24.5 Å². The number of nitrogens with zero attached hydrogens (tertiary/aromatic N) is 5. The van der Waals surface area contributed by atoms with Crippen LogP contribution in [0.3, 0.4) is 0 Å². The minimum absolute atomic E-state index is 0.0971. The monoisotopic (exact) mass is 436 g/mol. The average Bonchev–Trinajstić information content (AvgIpc) is 3.14. The van der Waals surface area contributed by atoms with E-state index in [0.29, 0.717) is 16.9 Å². The first-order valence-electron chi connectivity index (χ1n) is 9.70. The third-order valence-electron chi connectivity index (χ3n) is 4.90. The number of anilines is 1. The van der Waals surface area contributed by atoms with Crippen molar-refractivity contribution in [3.63, 3.8) is 0 Å². The van der Waals surface area contributed by atoms with Crippen LogP contribution in [0, 0.1) is 0 Å². The maximum Gasteiger partial charge on any atom is 0.236 e. The number of benzene rings is 1. The van der Waals surface area contributed by atoms with Crippen molar-refractivity contribution in [1.29, 1.82) is 0 Å². The highest BCUT2D eigenvalue weighted by molar-refractivity contribution is 7.99. The third kappa shape index (κ3) is 3.90. The van der Waals surface area contributed by atoms with Gasteiger partial charge in [0.15, 0.2) is 11.0 Å². The number of thioether (sulfide) groups is 1. The molecule has 1 aliphatic rings. The zero-order valence-corrected chi connectivity index (χ0v) is 18.0. The highest BCUT2D eigenvalue weighted by Gasteiger charge is 2.28. The van der Waals surface area contributed by atoms with Crippen molar-refractivity contribution < 1.29 is 4.79 Å². The van der Waals surface area contributed by atoms with Gasteiger partial charge in [0.25, 0.3) is 0 Å². The Balaban J connectivity index is 1.29. The Morgan fingerprint density at radius 3 is 2.77 bits per heavy atom. The second-order valence-corrected chi connectivity index (χ2v) is 9.05. The first kappa shape index (κ1) is 19.1. The molecule has 7 nitrogen and oxygen atoms in total. The molecule has 1 fully saturated rings. The van der Waals surface area contributed by atoms with Gasteiger partial charge in [0.1, 0.15) is 5.82 Å². The third-order valence-corrected chi connectivity index (χ3v) is 6.79. The van der Waals surface area contributed by atoms with E-state index in [4.69, 9.17) is 5.10 Å². The molecular weight excluding hydrogens is 416 g/mol. The van der Waals surface area contributed by atoms with Gasteiger partial charge < -0.3 is 9.88 Å². The van der Waals surface area contributed by atoms with Crippen molar-refractivity contribution in [2.24, 2.45) is 7.05 Å². The largest absolute Gasteiger partial charge is 0.310 e. The number of para-hydroxylation sites is 1. The molecule has 1 aliphatic carbocycles. The van der Waals surface area contributed by atoms with Crippen LogP contribution in [0.15, 0.2) is 59.1 Å². The zero-order valence-electron chi connectivity index (χ0n) is 16.4. The van der Waals surface area contributed by atoms with E-state index in [1.807, 2.05) is 70.2 Å². The summed E-state index contributed by atoms with van der Waals surface area (Å²) in [5.74, 6) is 2.17. The molecule has 5 rings (SSSR count). The smallest absolute Gasteiger partial charge is 0.236 e. The van der Waals surface area contributed by atoms with E-state index in [-0.39, 0.29) is 11.7 Å². The van der Waals surface area contributed by atoms with Gasteiger partial charge in [-0.05, 0) is 36.4 Å². The maximum absolute atomic E-state index is 12.7. The van der Waals surface area contributed by atoms with Crippen molar-refractivity contribution in [3.05, 3.63) is 59.6 Å². The highest BCUT2D eigenvalue weighted by Crippen LogP contribution is 2.40. The minimum atomic E-state index is -0.0971. The summed E-state index contributed by atoms with van der Waals surface area (Å²) in [4.78, 5) is 13.7. The van der Waals surface area contributed by atoms with Gasteiger partial charge in [-0.1, -0.05) is 36.0 Å². The summed E-state index contributed by atoms with van der Waals surface area (Å²) in [6.45, 7) is 0. The molecule has 0 bridgehead atoms. The summed E-state index contributed by atoms with van der Waals surface area (Å²) in [5, 5.41) is 19.0. The number of aromatic nitrogens is 5. The van der Waals surface area contributed by atoms with Gasteiger partial charge in [-0.25, -0.2) is 4.68 Å². The van der Waals surface area contributed by atoms with Crippen LogP contribution in [-0.2, 0) is 11.8 Å². The summed E-state index contributed by atoms with van der Waals surface area (Å²) < 4.78 is 3.73. The van der Waals surface area contributed by atoms with Gasteiger partial charge in [0.2, 0.25) is 5.91 Å². The summed E-state index contributed by atoms with van der Waals surface area (Å²) in [5.41, 5.74) is 1.97. The summed E-state index contributed by atoms with van der Waals surface area (Å²) in [6, 6.07) is 15.9. The Morgan fingerprint density at radius 2 is 2.03 bits per heavy atom. The maximum atomic E-state index is 12.7. The molecular formula is C21H20N6OS2. The van der Waals surface area contributed by atoms with E-state index in [2.05, 4.69) is 15.5 Å². The number of hydrogen-bond acceptors (Lipinski definition) is 6. The quantitative estimate of drug-likeness (QED) is 0.436. The van der Waals surface area contributed by atoms with Crippen molar-refractivity contribution in [1.82, 2.24) is 24.5 Å². The molecule has 0 spiro atoms. The van der Waals surface area contributed by atoms with E-state index in [1.165, 1.54) is 11.8 Å². The number of thiophene rings is 1. The van der Waals surface area contributed by atoms with Crippen LogP contribution in [0.4, 0.5) is 5.82 Å². The van der Waals surface area contributed by atoms with E-state index in [1.54, 1.807) is 11.3 Å². The van der Waals surface area contributed by atoms with E-state index >= 15 is 0 Å². The van der Waals surface area contributed by atoms with Crippen molar-refractivity contribution >= 4 is 34.8 Å². The molecule has 0 atom stereocenters. The number of rotatable bonds is 7. The van der Waals surface area contributed by atoms with Gasteiger partial charge in [-0.2, -0.15) is 5.10 Å². The fraction of sp³-hybridized carbons (Fsp3) is 0.238. The predicted octanol–water partition coefficient (Wildman–Crippen LogP) is 4.34. The van der Waals surface area contributed by atoms with Gasteiger partial charge in [0.05, 0.1) is 22.0 Å².